The van der Waals surface area contributed by atoms with Crippen LogP contribution in [0.2, 0.25) is 0 Å². The van der Waals surface area contributed by atoms with Gasteiger partial charge in [-0.25, -0.2) is 4.39 Å². The van der Waals surface area contributed by atoms with Gasteiger partial charge in [0.15, 0.2) is 6.29 Å². The zero-order chi connectivity index (χ0) is 12.5. The minimum Gasteiger partial charge on any atom is -0.373 e. The summed E-state index contributed by atoms with van der Waals surface area (Å²) in [6.07, 6.45) is -2.28. The SMILES string of the molecule is C[C@@H]1CO[C@@H]2CO[C@@H](c3ccccc3)OC2[C@@H]1F. The normalized spacial score (nSPS) is 40.2. The Labute approximate surface area is 106 Å². The van der Waals surface area contributed by atoms with Gasteiger partial charge in [0.25, 0.3) is 0 Å². The first-order chi connectivity index (χ1) is 8.75. The maximum Gasteiger partial charge on any atom is 0.184 e. The van der Waals surface area contributed by atoms with Gasteiger partial charge in [0, 0.05) is 11.5 Å². The van der Waals surface area contributed by atoms with Crippen LogP contribution in [0.5, 0.6) is 0 Å². The highest BCUT2D eigenvalue weighted by atomic mass is 19.1. The molecule has 0 spiro atoms. The zero-order valence-electron chi connectivity index (χ0n) is 10.3. The molecule has 1 unspecified atom stereocenters. The first-order valence-corrected chi connectivity index (χ1v) is 6.33. The van der Waals surface area contributed by atoms with Crippen molar-refractivity contribution in [3.63, 3.8) is 0 Å². The van der Waals surface area contributed by atoms with E-state index in [1.807, 2.05) is 37.3 Å². The molecule has 18 heavy (non-hydrogen) atoms. The van der Waals surface area contributed by atoms with Crippen LogP contribution in [0.1, 0.15) is 18.8 Å². The van der Waals surface area contributed by atoms with Gasteiger partial charge in [-0.2, -0.15) is 0 Å². The summed E-state index contributed by atoms with van der Waals surface area (Å²) < 4.78 is 31.0. The van der Waals surface area contributed by atoms with Gasteiger partial charge in [0.2, 0.25) is 0 Å². The van der Waals surface area contributed by atoms with Gasteiger partial charge in [-0.1, -0.05) is 37.3 Å². The largest absolute Gasteiger partial charge is 0.373 e. The molecule has 4 heteroatoms. The molecule has 0 amide bonds. The Hall–Kier alpha value is -0.970. The Morgan fingerprint density at radius 1 is 1.11 bits per heavy atom. The van der Waals surface area contributed by atoms with Gasteiger partial charge in [0.1, 0.15) is 18.4 Å². The van der Waals surface area contributed by atoms with Crippen LogP contribution >= 0.6 is 0 Å². The van der Waals surface area contributed by atoms with E-state index in [1.54, 1.807) is 0 Å². The second-order valence-electron chi connectivity index (χ2n) is 4.97. The summed E-state index contributed by atoms with van der Waals surface area (Å²) in [5, 5.41) is 0. The van der Waals surface area contributed by atoms with Crippen molar-refractivity contribution >= 4 is 0 Å². The van der Waals surface area contributed by atoms with E-state index in [9.17, 15) is 4.39 Å². The summed E-state index contributed by atoms with van der Waals surface area (Å²) in [4.78, 5) is 0. The molecule has 2 aliphatic heterocycles. The predicted octanol–water partition coefficient (Wildman–Crippen LogP) is 2.47. The zero-order valence-corrected chi connectivity index (χ0v) is 10.3. The monoisotopic (exact) mass is 252 g/mol. The Balaban J connectivity index is 1.75. The van der Waals surface area contributed by atoms with Crippen molar-refractivity contribution in [3.8, 4) is 0 Å². The van der Waals surface area contributed by atoms with Gasteiger partial charge in [0.05, 0.1) is 13.2 Å². The summed E-state index contributed by atoms with van der Waals surface area (Å²) in [6.45, 7) is 2.67. The van der Waals surface area contributed by atoms with Crippen LogP contribution < -0.4 is 0 Å². The van der Waals surface area contributed by atoms with Gasteiger partial charge >= 0.3 is 0 Å². The van der Waals surface area contributed by atoms with Gasteiger partial charge in [-0.3, -0.25) is 0 Å². The third-order valence-electron chi connectivity index (χ3n) is 3.56. The molecule has 0 aromatic heterocycles. The van der Waals surface area contributed by atoms with Gasteiger partial charge < -0.3 is 14.2 Å². The lowest BCUT2D eigenvalue weighted by molar-refractivity contribution is -0.299. The van der Waals surface area contributed by atoms with Crippen LogP contribution in [0.4, 0.5) is 4.39 Å². The van der Waals surface area contributed by atoms with Crippen molar-refractivity contribution in [1.82, 2.24) is 0 Å². The summed E-state index contributed by atoms with van der Waals surface area (Å²) >= 11 is 0. The first kappa shape index (κ1) is 12.1. The van der Waals surface area contributed by atoms with Gasteiger partial charge in [-0.05, 0) is 0 Å². The fraction of sp³-hybridized carbons (Fsp3) is 0.571. The molecule has 3 nitrogen and oxygen atoms in total. The highest BCUT2D eigenvalue weighted by Gasteiger charge is 2.44. The molecule has 98 valence electrons. The second-order valence-corrected chi connectivity index (χ2v) is 4.97. The molecule has 0 radical (unpaired) electrons. The smallest absolute Gasteiger partial charge is 0.184 e. The van der Waals surface area contributed by atoms with Crippen LogP contribution in [0.3, 0.4) is 0 Å². The fourth-order valence-electron chi connectivity index (χ4n) is 2.45. The Morgan fingerprint density at radius 2 is 1.89 bits per heavy atom. The van der Waals surface area contributed by atoms with Crippen molar-refractivity contribution in [2.75, 3.05) is 13.2 Å². The Kier molecular flexibility index (Phi) is 3.33. The minimum absolute atomic E-state index is 0.124. The van der Waals surface area contributed by atoms with Crippen molar-refractivity contribution in [2.45, 2.75) is 31.6 Å². The van der Waals surface area contributed by atoms with Crippen LogP contribution in [-0.2, 0) is 14.2 Å². The van der Waals surface area contributed by atoms with Gasteiger partial charge in [-0.15, -0.1) is 0 Å². The number of halogens is 1. The number of hydrogen-bond donors (Lipinski definition) is 0. The van der Waals surface area contributed by atoms with E-state index < -0.39 is 18.6 Å². The lowest BCUT2D eigenvalue weighted by Gasteiger charge is -2.43. The van der Waals surface area contributed by atoms with E-state index in [1.165, 1.54) is 0 Å². The summed E-state index contributed by atoms with van der Waals surface area (Å²) in [7, 11) is 0. The molecule has 3 rings (SSSR count). The van der Waals surface area contributed by atoms with E-state index in [-0.39, 0.29) is 12.0 Å². The summed E-state index contributed by atoms with van der Waals surface area (Å²) in [5.41, 5.74) is 0.918. The molecule has 2 saturated heterocycles. The standard InChI is InChI=1S/C14H17FO3/c1-9-7-16-11-8-17-14(18-13(11)12(9)15)10-5-3-2-4-6-10/h2-6,9,11-14H,7-8H2,1H3/t9-,11-,12-,13?,14-/m1/s1. The van der Waals surface area contributed by atoms with Crippen LogP contribution in [-0.4, -0.2) is 31.6 Å². The quantitative estimate of drug-likeness (QED) is 0.768. The average molecular weight is 252 g/mol. The summed E-state index contributed by atoms with van der Waals surface area (Å²) in [5.74, 6) is -0.124. The maximum atomic E-state index is 14.1. The third-order valence-corrected chi connectivity index (χ3v) is 3.56. The molecule has 5 atom stereocenters. The second kappa shape index (κ2) is 4.96. The number of benzene rings is 1. The molecule has 0 saturated carbocycles. The number of rotatable bonds is 1. The maximum absolute atomic E-state index is 14.1. The highest BCUT2D eigenvalue weighted by molar-refractivity contribution is 5.16. The molecular formula is C14H17FO3. The van der Waals surface area contributed by atoms with Crippen LogP contribution in [0, 0.1) is 5.92 Å². The first-order valence-electron chi connectivity index (χ1n) is 6.33. The number of hydrogen-bond acceptors (Lipinski definition) is 3. The van der Waals surface area contributed by atoms with Crippen molar-refractivity contribution < 1.29 is 18.6 Å². The highest BCUT2D eigenvalue weighted by Crippen LogP contribution is 2.34. The van der Waals surface area contributed by atoms with E-state index in [0.717, 1.165) is 5.56 Å². The van der Waals surface area contributed by atoms with Crippen molar-refractivity contribution in [2.24, 2.45) is 5.92 Å². The lowest BCUT2D eigenvalue weighted by Crippen LogP contribution is -2.53. The summed E-state index contributed by atoms with van der Waals surface area (Å²) in [6, 6.07) is 9.61. The molecule has 0 aliphatic carbocycles. The molecule has 1 aromatic carbocycles. The van der Waals surface area contributed by atoms with Crippen molar-refractivity contribution in [1.29, 1.82) is 0 Å². The van der Waals surface area contributed by atoms with E-state index in [0.29, 0.717) is 13.2 Å². The molecular weight excluding hydrogens is 235 g/mol. The topological polar surface area (TPSA) is 27.7 Å². The van der Waals surface area contributed by atoms with E-state index in [4.69, 9.17) is 14.2 Å². The van der Waals surface area contributed by atoms with E-state index in [2.05, 4.69) is 0 Å². The number of alkyl halides is 1. The number of ether oxygens (including phenoxy) is 3. The fourth-order valence-corrected chi connectivity index (χ4v) is 2.45. The lowest BCUT2D eigenvalue weighted by atomic mass is 9.94. The Morgan fingerprint density at radius 3 is 2.67 bits per heavy atom. The Bertz CT molecular complexity index is 395. The molecule has 2 aliphatic rings. The van der Waals surface area contributed by atoms with Crippen LogP contribution in [0.15, 0.2) is 30.3 Å². The minimum atomic E-state index is -0.987. The predicted molar refractivity (Wildman–Crippen MR) is 63.8 cm³/mol. The molecule has 2 heterocycles. The third kappa shape index (κ3) is 2.16. The molecule has 0 bridgehead atoms. The molecule has 1 aromatic rings. The van der Waals surface area contributed by atoms with Crippen LogP contribution in [0.25, 0.3) is 0 Å². The molecule has 2 fully saturated rings. The number of fused-ring (bicyclic) bond motifs is 1. The molecule has 0 N–H and O–H groups in total. The average Bonchev–Trinajstić information content (AvgIpc) is 2.44. The van der Waals surface area contributed by atoms with E-state index >= 15 is 0 Å². The van der Waals surface area contributed by atoms with Crippen molar-refractivity contribution in [3.05, 3.63) is 35.9 Å².